The van der Waals surface area contributed by atoms with Crippen molar-refractivity contribution in [3.8, 4) is 0 Å². The number of esters is 1. The standard InChI is InChI=1S/C32H50O11/c1-7-31(5)13-17-8-9-21-30(3,4)22(42-29-27(38)24(35)19(14-33)41-29)10-11-32(21,6)18(17)12-23(31)43-28-26(37)25(36)20(15-39-28)40-16(2)34/h7,13,18-29,33,35-38H,1,8-12,14-15H2,2-6H3/t18?,19-,20+,21?,22?,23?,24+,25+,26+,27+,28-,29-,31?,32?/m0/s1. The molecule has 11 nitrogen and oxygen atoms in total. The van der Waals surface area contributed by atoms with Crippen molar-refractivity contribution in [2.24, 2.45) is 28.1 Å². The summed E-state index contributed by atoms with van der Waals surface area (Å²) < 4.78 is 29.3. The number of hydrogen-bond acceptors (Lipinski definition) is 11. The van der Waals surface area contributed by atoms with Gasteiger partial charge in [-0.1, -0.05) is 45.4 Å². The van der Waals surface area contributed by atoms with E-state index in [4.69, 9.17) is 23.7 Å². The van der Waals surface area contributed by atoms with Gasteiger partial charge in [0.15, 0.2) is 18.7 Å². The Bertz CT molecular complexity index is 1080. The van der Waals surface area contributed by atoms with E-state index in [1.807, 2.05) is 6.08 Å². The van der Waals surface area contributed by atoms with Gasteiger partial charge in [0.05, 0.1) is 25.4 Å². The van der Waals surface area contributed by atoms with E-state index in [-0.39, 0.29) is 41.5 Å². The Morgan fingerprint density at radius 2 is 1.70 bits per heavy atom. The van der Waals surface area contributed by atoms with Crippen LogP contribution in [0.5, 0.6) is 0 Å². The van der Waals surface area contributed by atoms with Crippen LogP contribution in [0.4, 0.5) is 0 Å². The highest BCUT2D eigenvalue weighted by Crippen LogP contribution is 2.64. The van der Waals surface area contributed by atoms with Crippen molar-refractivity contribution in [2.75, 3.05) is 13.2 Å². The normalized spacial score (nSPS) is 49.4. The van der Waals surface area contributed by atoms with Crippen LogP contribution in [0.15, 0.2) is 24.3 Å². The van der Waals surface area contributed by atoms with Crippen LogP contribution in [0.3, 0.4) is 0 Å². The lowest BCUT2D eigenvalue weighted by Crippen LogP contribution is -2.59. The second-order valence-corrected chi connectivity index (χ2v) is 14.3. The van der Waals surface area contributed by atoms with Crippen LogP contribution in [0.25, 0.3) is 0 Å². The second-order valence-electron chi connectivity index (χ2n) is 14.3. The van der Waals surface area contributed by atoms with Gasteiger partial charge in [-0.15, -0.1) is 6.58 Å². The van der Waals surface area contributed by atoms with Crippen molar-refractivity contribution in [3.05, 3.63) is 24.3 Å². The van der Waals surface area contributed by atoms with Gasteiger partial charge in [-0.3, -0.25) is 4.79 Å². The Kier molecular flexibility index (Phi) is 9.26. The Morgan fingerprint density at radius 3 is 2.33 bits per heavy atom. The van der Waals surface area contributed by atoms with E-state index in [2.05, 4.69) is 40.3 Å². The van der Waals surface area contributed by atoms with E-state index in [0.29, 0.717) is 6.42 Å². The topological polar surface area (TPSA) is 164 Å². The second kappa shape index (κ2) is 12.1. The zero-order valence-electron chi connectivity index (χ0n) is 25.9. The number of carbonyl (C=O) groups excluding carboxylic acids is 1. The molecular formula is C32H50O11. The Morgan fingerprint density at radius 1 is 1.02 bits per heavy atom. The Labute approximate surface area is 253 Å². The predicted octanol–water partition coefficient (Wildman–Crippen LogP) is 1.58. The molecule has 5 aliphatic rings. The smallest absolute Gasteiger partial charge is 0.303 e. The van der Waals surface area contributed by atoms with E-state index in [0.717, 1.165) is 25.7 Å². The number of allylic oxidation sites excluding steroid dienone is 1. The molecule has 2 saturated heterocycles. The summed E-state index contributed by atoms with van der Waals surface area (Å²) in [6, 6.07) is 0. The van der Waals surface area contributed by atoms with Crippen molar-refractivity contribution < 1.29 is 54.0 Å². The van der Waals surface area contributed by atoms with E-state index in [1.54, 1.807) is 0 Å². The number of aliphatic hydroxyl groups excluding tert-OH is 5. The van der Waals surface area contributed by atoms with Gasteiger partial charge in [0, 0.05) is 12.3 Å². The highest BCUT2D eigenvalue weighted by molar-refractivity contribution is 5.66. The highest BCUT2D eigenvalue weighted by atomic mass is 16.7. The molecule has 3 aliphatic carbocycles. The molecule has 43 heavy (non-hydrogen) atoms. The minimum absolute atomic E-state index is 0.0879. The molecule has 11 heteroatoms. The fourth-order valence-corrected chi connectivity index (χ4v) is 8.79. The minimum atomic E-state index is -1.39. The fraction of sp³-hybridized carbons (Fsp3) is 0.844. The number of aliphatic hydroxyl groups is 5. The fourth-order valence-electron chi connectivity index (χ4n) is 8.79. The number of carbonyl (C=O) groups is 1. The van der Waals surface area contributed by atoms with Crippen molar-refractivity contribution >= 4 is 5.97 Å². The van der Waals surface area contributed by atoms with Gasteiger partial charge in [-0.05, 0) is 54.8 Å². The molecular weight excluding hydrogens is 560 g/mol. The molecule has 0 aromatic carbocycles. The van der Waals surface area contributed by atoms with E-state index < -0.39 is 67.2 Å². The van der Waals surface area contributed by atoms with Crippen LogP contribution >= 0.6 is 0 Å². The molecule has 2 aliphatic heterocycles. The summed E-state index contributed by atoms with van der Waals surface area (Å²) >= 11 is 0. The lowest BCUT2D eigenvalue weighted by Gasteiger charge is -2.62. The predicted molar refractivity (Wildman–Crippen MR) is 153 cm³/mol. The third-order valence-corrected chi connectivity index (χ3v) is 11.4. The van der Waals surface area contributed by atoms with Gasteiger partial charge in [-0.25, -0.2) is 0 Å². The first-order valence-corrected chi connectivity index (χ1v) is 15.6. The molecule has 0 aromatic rings. The van der Waals surface area contributed by atoms with Gasteiger partial charge >= 0.3 is 5.97 Å². The largest absolute Gasteiger partial charge is 0.457 e. The van der Waals surface area contributed by atoms with Crippen molar-refractivity contribution in [2.45, 2.75) is 128 Å². The minimum Gasteiger partial charge on any atom is -0.457 e. The number of rotatable bonds is 7. The molecule has 244 valence electrons. The van der Waals surface area contributed by atoms with Crippen molar-refractivity contribution in [1.82, 2.24) is 0 Å². The third-order valence-electron chi connectivity index (χ3n) is 11.4. The molecule has 0 spiro atoms. The van der Waals surface area contributed by atoms with Crippen molar-refractivity contribution in [3.63, 3.8) is 0 Å². The summed E-state index contributed by atoms with van der Waals surface area (Å²) in [6.45, 7) is 13.7. The summed E-state index contributed by atoms with van der Waals surface area (Å²) in [5.74, 6) is -0.0992. The SMILES string of the molecule is C=CC1(C)C=C2CCC3C(C)(C)C(O[C@@H]4O[C@@H](CO)[C@@H](O)[C@H]4O)CCC3(C)C2CC1O[C@@H]1OC[C@@H](OC(C)=O)[C@@H](O)[C@H]1O. The first kappa shape index (κ1) is 33.0. The number of hydrogen-bond donors (Lipinski definition) is 5. The quantitative estimate of drug-likeness (QED) is 0.210. The van der Waals surface area contributed by atoms with Gasteiger partial charge in [0.1, 0.15) is 30.5 Å². The van der Waals surface area contributed by atoms with E-state index in [1.165, 1.54) is 12.5 Å². The van der Waals surface area contributed by atoms with Crippen molar-refractivity contribution in [1.29, 1.82) is 0 Å². The lowest BCUT2D eigenvalue weighted by atomic mass is 9.44. The molecule has 6 unspecified atom stereocenters. The summed E-state index contributed by atoms with van der Waals surface area (Å²) in [5.41, 5.74) is 0.481. The molecule has 0 radical (unpaired) electrons. The maximum atomic E-state index is 11.4. The molecule has 4 fully saturated rings. The first-order chi connectivity index (χ1) is 20.2. The Hall–Kier alpha value is -1.41. The van der Waals surface area contributed by atoms with Crippen LogP contribution in [-0.2, 0) is 28.5 Å². The zero-order chi connectivity index (χ0) is 31.5. The van der Waals surface area contributed by atoms with E-state index >= 15 is 0 Å². The first-order valence-electron chi connectivity index (χ1n) is 15.6. The zero-order valence-corrected chi connectivity index (χ0v) is 25.9. The Balaban J connectivity index is 1.33. The van der Waals surface area contributed by atoms with Crippen LogP contribution in [-0.4, -0.2) is 106 Å². The summed E-state index contributed by atoms with van der Waals surface area (Å²) in [7, 11) is 0. The summed E-state index contributed by atoms with van der Waals surface area (Å²) in [6.07, 6.45) is -1.41. The number of ether oxygens (including phenoxy) is 5. The van der Waals surface area contributed by atoms with Crippen LogP contribution < -0.4 is 0 Å². The van der Waals surface area contributed by atoms with Crippen LogP contribution in [0.1, 0.15) is 66.7 Å². The molecule has 2 heterocycles. The molecule has 5 rings (SSSR count). The maximum Gasteiger partial charge on any atom is 0.303 e. The van der Waals surface area contributed by atoms with Gasteiger partial charge < -0.3 is 49.2 Å². The van der Waals surface area contributed by atoms with E-state index in [9.17, 15) is 30.3 Å². The average molecular weight is 611 g/mol. The average Bonchev–Trinajstić information content (AvgIpc) is 3.22. The highest BCUT2D eigenvalue weighted by Gasteiger charge is 2.60. The van der Waals surface area contributed by atoms with Gasteiger partial charge in [0.2, 0.25) is 0 Å². The van der Waals surface area contributed by atoms with Crippen LogP contribution in [0, 0.1) is 28.1 Å². The van der Waals surface area contributed by atoms with Crippen LogP contribution in [0.2, 0.25) is 0 Å². The molecule has 14 atom stereocenters. The molecule has 0 aromatic heterocycles. The maximum absolute atomic E-state index is 11.4. The van der Waals surface area contributed by atoms with Gasteiger partial charge in [0.25, 0.3) is 0 Å². The molecule has 0 bridgehead atoms. The summed E-state index contributed by atoms with van der Waals surface area (Å²) in [5, 5.41) is 51.7. The van der Waals surface area contributed by atoms with Gasteiger partial charge in [-0.2, -0.15) is 0 Å². The molecule has 2 saturated carbocycles. The molecule has 0 amide bonds. The monoisotopic (exact) mass is 610 g/mol. The lowest BCUT2D eigenvalue weighted by molar-refractivity contribution is -0.294. The molecule has 5 N–H and O–H groups in total. The number of fused-ring (bicyclic) bond motifs is 3. The summed E-state index contributed by atoms with van der Waals surface area (Å²) in [4.78, 5) is 11.4. The third kappa shape index (κ3) is 5.74.